The van der Waals surface area contributed by atoms with Gasteiger partial charge in [0.2, 0.25) is 0 Å². The fourth-order valence-corrected chi connectivity index (χ4v) is 3.85. The van der Waals surface area contributed by atoms with Crippen molar-refractivity contribution < 1.29 is 33.8 Å². The minimum atomic E-state index is -1.03. The van der Waals surface area contributed by atoms with Gasteiger partial charge in [-0.2, -0.15) is 0 Å². The number of anilines is 1. The topological polar surface area (TPSA) is 122 Å². The molecule has 3 aromatic rings. The van der Waals surface area contributed by atoms with Crippen molar-refractivity contribution in [1.29, 1.82) is 0 Å². The average Bonchev–Trinajstić information content (AvgIpc) is 3.36. The average molecular weight is 464 g/mol. The number of ether oxygens (including phenoxy) is 2. The van der Waals surface area contributed by atoms with Crippen molar-refractivity contribution in [3.05, 3.63) is 71.0 Å². The number of rotatable bonds is 7. The van der Waals surface area contributed by atoms with Gasteiger partial charge < -0.3 is 24.2 Å². The number of phenolic OH excluding ortho intramolecular Hbond substituents is 1. The minimum absolute atomic E-state index is 0.0913. The molecule has 1 atom stereocenters. The van der Waals surface area contributed by atoms with Crippen LogP contribution in [0.3, 0.4) is 0 Å². The molecule has 2 aromatic carbocycles. The van der Waals surface area contributed by atoms with E-state index in [1.165, 1.54) is 23.1 Å². The van der Waals surface area contributed by atoms with Crippen molar-refractivity contribution in [2.75, 3.05) is 18.1 Å². The van der Waals surface area contributed by atoms with E-state index in [9.17, 15) is 19.8 Å². The largest absolute Gasteiger partial charge is 0.507 e. The van der Waals surface area contributed by atoms with Crippen molar-refractivity contribution in [1.82, 2.24) is 5.16 Å². The Balaban J connectivity index is 1.90. The molecule has 1 fully saturated rings. The number of aliphatic hydroxyl groups is 1. The molecule has 34 heavy (non-hydrogen) atoms. The zero-order chi connectivity index (χ0) is 24.4. The van der Waals surface area contributed by atoms with Crippen molar-refractivity contribution in [2.24, 2.45) is 0 Å². The highest BCUT2D eigenvalue weighted by atomic mass is 16.5. The number of benzene rings is 2. The maximum atomic E-state index is 13.2. The minimum Gasteiger partial charge on any atom is -0.507 e. The molecule has 1 aromatic heterocycles. The zero-order valence-corrected chi connectivity index (χ0v) is 18.9. The van der Waals surface area contributed by atoms with Crippen LogP contribution < -0.4 is 14.4 Å². The number of aromatic nitrogens is 1. The number of aryl methyl sites for hydroxylation is 1. The predicted molar refractivity (Wildman–Crippen MR) is 123 cm³/mol. The first-order valence-corrected chi connectivity index (χ1v) is 10.8. The number of carbonyl (C=O) groups is 2. The maximum absolute atomic E-state index is 13.2. The highest BCUT2D eigenvalue weighted by molar-refractivity contribution is 6.51. The van der Waals surface area contributed by atoms with Gasteiger partial charge in [-0.1, -0.05) is 11.2 Å². The lowest BCUT2D eigenvalue weighted by atomic mass is 9.95. The molecule has 0 bridgehead atoms. The number of phenols is 1. The number of aromatic hydroxyl groups is 1. The fourth-order valence-electron chi connectivity index (χ4n) is 3.85. The van der Waals surface area contributed by atoms with E-state index in [0.717, 1.165) is 0 Å². The van der Waals surface area contributed by atoms with Gasteiger partial charge in [0.1, 0.15) is 17.3 Å². The van der Waals surface area contributed by atoms with Crippen LogP contribution in [0, 0.1) is 6.92 Å². The van der Waals surface area contributed by atoms with Crippen LogP contribution >= 0.6 is 0 Å². The Morgan fingerprint density at radius 2 is 1.76 bits per heavy atom. The lowest BCUT2D eigenvalue weighted by molar-refractivity contribution is -0.132. The number of hydrogen-bond acceptors (Lipinski definition) is 8. The van der Waals surface area contributed by atoms with Gasteiger partial charge in [-0.3, -0.25) is 14.5 Å². The van der Waals surface area contributed by atoms with Crippen LogP contribution in [-0.4, -0.2) is 40.3 Å². The number of amides is 1. The smallest absolute Gasteiger partial charge is 0.301 e. The molecule has 9 nitrogen and oxygen atoms in total. The van der Waals surface area contributed by atoms with Gasteiger partial charge in [-0.25, -0.2) is 0 Å². The third-order valence-electron chi connectivity index (χ3n) is 5.34. The number of Topliss-reactive ketones (excluding diaryl/α,β-unsaturated/α-hetero) is 1. The molecule has 0 unspecified atom stereocenters. The van der Waals surface area contributed by atoms with Gasteiger partial charge in [-0.05, 0) is 62.7 Å². The van der Waals surface area contributed by atoms with Crippen molar-refractivity contribution >= 4 is 23.3 Å². The normalized spacial score (nSPS) is 17.3. The van der Waals surface area contributed by atoms with Crippen LogP contribution in [0.2, 0.25) is 0 Å². The summed E-state index contributed by atoms with van der Waals surface area (Å²) >= 11 is 0. The van der Waals surface area contributed by atoms with Gasteiger partial charge in [-0.15, -0.1) is 0 Å². The predicted octanol–water partition coefficient (Wildman–Crippen LogP) is 4.11. The highest BCUT2D eigenvalue weighted by Gasteiger charge is 2.48. The number of carbonyl (C=O) groups excluding carboxylic acids is 2. The molecule has 1 saturated heterocycles. The van der Waals surface area contributed by atoms with Crippen molar-refractivity contribution in [2.45, 2.75) is 26.8 Å². The second-order valence-electron chi connectivity index (χ2n) is 7.58. The molecule has 0 saturated carbocycles. The molecule has 176 valence electrons. The molecule has 0 aliphatic carbocycles. The second-order valence-corrected chi connectivity index (χ2v) is 7.58. The maximum Gasteiger partial charge on any atom is 0.301 e. The molecule has 1 aliphatic heterocycles. The molecule has 1 amide bonds. The lowest BCUT2D eigenvalue weighted by Gasteiger charge is -2.23. The third-order valence-corrected chi connectivity index (χ3v) is 5.34. The fraction of sp³-hybridized carbons (Fsp3) is 0.240. The number of hydrogen-bond donors (Lipinski definition) is 2. The molecular formula is C25H24N2O7. The summed E-state index contributed by atoms with van der Waals surface area (Å²) in [6.07, 6.45) is 0. The molecular weight excluding hydrogens is 440 g/mol. The van der Waals surface area contributed by atoms with E-state index >= 15 is 0 Å². The summed E-state index contributed by atoms with van der Waals surface area (Å²) in [6.45, 7) is 6.07. The Morgan fingerprint density at radius 1 is 1.06 bits per heavy atom. The van der Waals surface area contributed by atoms with E-state index in [1.54, 1.807) is 44.2 Å². The van der Waals surface area contributed by atoms with Gasteiger partial charge >= 0.3 is 5.91 Å². The Labute approximate surface area is 195 Å². The van der Waals surface area contributed by atoms with Gasteiger partial charge in [0, 0.05) is 11.6 Å². The van der Waals surface area contributed by atoms with E-state index < -0.39 is 17.7 Å². The van der Waals surface area contributed by atoms with Crippen molar-refractivity contribution in [3.63, 3.8) is 0 Å². The van der Waals surface area contributed by atoms with Crippen LogP contribution in [0.25, 0.3) is 5.76 Å². The standard InChI is InChI=1S/C25H24N2O7/c1-4-32-17-9-6-15(7-10-17)23(29)21-22(16-8-11-18(28)19(13-16)33-5-2)27(25(31)24(21)30)20-12-14(3)34-26-20/h6-13,22,28-29H,4-5H2,1-3H3/b23-21+/t22-/m0/s1. The van der Waals surface area contributed by atoms with Gasteiger partial charge in [0.15, 0.2) is 17.3 Å². The van der Waals surface area contributed by atoms with Crippen LogP contribution in [0.5, 0.6) is 17.2 Å². The Kier molecular flexibility index (Phi) is 6.27. The number of aliphatic hydroxyl groups excluding tert-OH is 1. The van der Waals surface area contributed by atoms with Crippen molar-refractivity contribution in [3.8, 4) is 17.2 Å². The van der Waals surface area contributed by atoms with E-state index in [4.69, 9.17) is 14.0 Å². The first kappa shape index (κ1) is 22.9. The third kappa shape index (κ3) is 4.07. The number of ketones is 1. The monoisotopic (exact) mass is 464 g/mol. The quantitative estimate of drug-likeness (QED) is 0.304. The lowest BCUT2D eigenvalue weighted by Crippen LogP contribution is -2.29. The van der Waals surface area contributed by atoms with Crippen LogP contribution in [0.1, 0.15) is 36.8 Å². The van der Waals surface area contributed by atoms with Crippen LogP contribution in [-0.2, 0) is 9.59 Å². The summed E-state index contributed by atoms with van der Waals surface area (Å²) in [7, 11) is 0. The summed E-state index contributed by atoms with van der Waals surface area (Å²) in [5, 5.41) is 25.2. The summed E-state index contributed by atoms with van der Waals surface area (Å²) in [6, 6.07) is 11.5. The van der Waals surface area contributed by atoms with E-state index in [1.807, 2.05) is 6.92 Å². The first-order valence-electron chi connectivity index (χ1n) is 10.8. The first-order chi connectivity index (χ1) is 16.3. The summed E-state index contributed by atoms with van der Waals surface area (Å²) in [5.74, 6) is -0.812. The summed E-state index contributed by atoms with van der Waals surface area (Å²) < 4.78 is 16.1. The summed E-state index contributed by atoms with van der Waals surface area (Å²) in [5.41, 5.74) is 0.656. The molecule has 2 N–H and O–H groups in total. The van der Waals surface area contributed by atoms with E-state index in [2.05, 4.69) is 5.16 Å². The number of nitrogens with zero attached hydrogens (tertiary/aromatic N) is 2. The Hall–Kier alpha value is -4.27. The molecule has 1 aliphatic rings. The van der Waals surface area contributed by atoms with E-state index in [-0.39, 0.29) is 28.6 Å². The highest BCUT2D eigenvalue weighted by Crippen LogP contribution is 2.43. The van der Waals surface area contributed by atoms with Gasteiger partial charge in [0.05, 0.1) is 24.8 Å². The second kappa shape index (κ2) is 9.30. The molecule has 0 spiro atoms. The zero-order valence-electron chi connectivity index (χ0n) is 18.9. The molecule has 9 heteroatoms. The summed E-state index contributed by atoms with van der Waals surface area (Å²) in [4.78, 5) is 27.4. The van der Waals surface area contributed by atoms with Gasteiger partial charge in [0.25, 0.3) is 5.78 Å². The Bertz CT molecular complexity index is 1260. The molecule has 4 rings (SSSR count). The van der Waals surface area contributed by atoms with Crippen LogP contribution in [0.4, 0.5) is 5.82 Å². The SMILES string of the molecule is CCOc1ccc(/C(O)=C2\C(=O)C(=O)N(c3cc(C)on3)[C@H]2c2ccc(O)c(OCC)c2)cc1. The van der Waals surface area contributed by atoms with E-state index in [0.29, 0.717) is 35.9 Å². The molecule has 0 radical (unpaired) electrons. The van der Waals surface area contributed by atoms with Crippen LogP contribution in [0.15, 0.2) is 58.6 Å². The Morgan fingerprint density at radius 3 is 2.38 bits per heavy atom. The molecule has 2 heterocycles.